The van der Waals surface area contributed by atoms with E-state index in [2.05, 4.69) is 38.2 Å². The second-order valence-electron chi connectivity index (χ2n) is 17.6. The standard InChI is InChI=1S/C52H93NO10/c1-4-7-10-13-16-19-22-25-27-30-33-36-39-45(56)51(60)53-43(44(55)38-35-32-29-26-23-20-17-14-11-8-5-2)42-61-52-50(49(59)48(58)46(41-54)62-52)63-47(57)40-37-34-31-28-24-21-18-15-12-9-6-3/h7,10,13,16,19,22,35,38,43-46,48-50,52,54-56,58-59H,4-6,8-9,11-12,14-15,17-18,20-21,23-34,36-37,39-42H2,1-3H3,(H,53,60)/b10-7+,16-13+,22-19-,38-35+. The molecule has 1 heterocycles. The first-order valence-electron chi connectivity index (χ1n) is 25.4. The minimum absolute atomic E-state index is 0.122. The maximum Gasteiger partial charge on any atom is 0.306 e. The summed E-state index contributed by atoms with van der Waals surface area (Å²) in [5.41, 5.74) is 0. The highest BCUT2D eigenvalue weighted by molar-refractivity contribution is 5.80. The van der Waals surface area contributed by atoms with Crippen molar-refractivity contribution in [2.24, 2.45) is 0 Å². The summed E-state index contributed by atoms with van der Waals surface area (Å²) in [6, 6.07) is -1.03. The third-order valence-corrected chi connectivity index (χ3v) is 11.8. The summed E-state index contributed by atoms with van der Waals surface area (Å²) in [7, 11) is 0. The number of nitrogens with one attached hydrogen (secondary N) is 1. The number of hydrogen-bond donors (Lipinski definition) is 6. The van der Waals surface area contributed by atoms with Crippen LogP contribution in [0.2, 0.25) is 0 Å². The summed E-state index contributed by atoms with van der Waals surface area (Å²) in [5.74, 6) is -1.22. The van der Waals surface area contributed by atoms with Gasteiger partial charge in [0.15, 0.2) is 12.4 Å². The average Bonchev–Trinajstić information content (AvgIpc) is 3.28. The van der Waals surface area contributed by atoms with Crippen LogP contribution < -0.4 is 5.32 Å². The van der Waals surface area contributed by atoms with Gasteiger partial charge in [0.2, 0.25) is 5.91 Å². The van der Waals surface area contributed by atoms with E-state index in [1.54, 1.807) is 6.08 Å². The molecule has 0 radical (unpaired) electrons. The molecule has 8 unspecified atom stereocenters. The number of carbonyl (C=O) groups excluding carboxylic acids is 2. The Hall–Kier alpha value is -2.38. The molecule has 1 aliphatic rings. The Morgan fingerprint density at radius 3 is 1.70 bits per heavy atom. The van der Waals surface area contributed by atoms with E-state index >= 15 is 0 Å². The summed E-state index contributed by atoms with van der Waals surface area (Å²) in [4.78, 5) is 26.3. The second kappa shape index (κ2) is 41.1. The van der Waals surface area contributed by atoms with Crippen LogP contribution in [0.5, 0.6) is 0 Å². The monoisotopic (exact) mass is 892 g/mol. The van der Waals surface area contributed by atoms with Crippen molar-refractivity contribution >= 4 is 11.9 Å². The van der Waals surface area contributed by atoms with Crippen LogP contribution in [0.1, 0.15) is 207 Å². The summed E-state index contributed by atoms with van der Waals surface area (Å²) in [6.45, 7) is 5.58. The molecule has 8 atom stereocenters. The number of ether oxygens (including phenoxy) is 3. The van der Waals surface area contributed by atoms with Crippen LogP contribution in [-0.4, -0.2) is 99.6 Å². The third kappa shape index (κ3) is 30.5. The Bertz CT molecular complexity index is 1210. The molecule has 0 spiro atoms. The van der Waals surface area contributed by atoms with Crippen LogP contribution in [-0.2, 0) is 23.8 Å². The molecule has 0 aromatic carbocycles. The molecule has 11 heteroatoms. The summed E-state index contributed by atoms with van der Waals surface area (Å²) in [6.07, 6.45) is 36.0. The van der Waals surface area contributed by atoms with Crippen LogP contribution in [0.3, 0.4) is 0 Å². The number of unbranched alkanes of at least 4 members (excludes halogenated alkanes) is 23. The predicted molar refractivity (Wildman–Crippen MR) is 255 cm³/mol. The van der Waals surface area contributed by atoms with Crippen molar-refractivity contribution in [2.75, 3.05) is 13.2 Å². The predicted octanol–water partition coefficient (Wildman–Crippen LogP) is 10.2. The first-order chi connectivity index (χ1) is 30.7. The van der Waals surface area contributed by atoms with E-state index in [0.717, 1.165) is 70.6 Å². The van der Waals surface area contributed by atoms with Gasteiger partial charge in [-0.3, -0.25) is 9.59 Å². The van der Waals surface area contributed by atoms with Gasteiger partial charge >= 0.3 is 5.97 Å². The fourth-order valence-corrected chi connectivity index (χ4v) is 7.71. The van der Waals surface area contributed by atoms with Crippen molar-refractivity contribution in [1.82, 2.24) is 5.32 Å². The SMILES string of the molecule is CC/C=C/C=C/C=C\CCCCCCC(O)C(=O)NC(COC1OC(CO)C(O)C(O)C1OC(=O)CCCCCCCCCCCCC)C(O)/C=C/CCCCCCCCCCC. The Labute approximate surface area is 383 Å². The number of rotatable bonds is 41. The molecule has 1 rings (SSSR count). The van der Waals surface area contributed by atoms with Crippen molar-refractivity contribution in [3.05, 3.63) is 48.6 Å². The zero-order valence-corrected chi connectivity index (χ0v) is 39.9. The molecule has 1 saturated heterocycles. The van der Waals surface area contributed by atoms with E-state index in [-0.39, 0.29) is 19.4 Å². The van der Waals surface area contributed by atoms with Gasteiger partial charge in [-0.25, -0.2) is 0 Å². The molecule has 0 aromatic rings. The highest BCUT2D eigenvalue weighted by Gasteiger charge is 2.47. The van der Waals surface area contributed by atoms with E-state index in [4.69, 9.17) is 14.2 Å². The maximum absolute atomic E-state index is 13.3. The Balaban J connectivity index is 2.81. The second-order valence-corrected chi connectivity index (χ2v) is 17.6. The molecule has 1 fully saturated rings. The molecule has 6 N–H and O–H groups in total. The van der Waals surface area contributed by atoms with Gasteiger partial charge in [-0.15, -0.1) is 0 Å². The quantitative estimate of drug-likeness (QED) is 0.0150. The molecule has 63 heavy (non-hydrogen) atoms. The van der Waals surface area contributed by atoms with Gasteiger partial charge in [-0.05, 0) is 44.9 Å². The smallest absolute Gasteiger partial charge is 0.306 e. The minimum atomic E-state index is -1.61. The third-order valence-electron chi connectivity index (χ3n) is 11.8. The number of hydrogen-bond acceptors (Lipinski definition) is 10. The van der Waals surface area contributed by atoms with Gasteiger partial charge < -0.3 is 45.1 Å². The van der Waals surface area contributed by atoms with Crippen molar-refractivity contribution in [3.8, 4) is 0 Å². The molecule has 11 nitrogen and oxygen atoms in total. The van der Waals surface area contributed by atoms with Crippen molar-refractivity contribution in [1.29, 1.82) is 0 Å². The van der Waals surface area contributed by atoms with E-state index < -0.39 is 67.4 Å². The molecule has 0 saturated carbocycles. The molecular formula is C52H93NO10. The molecule has 1 aliphatic heterocycles. The van der Waals surface area contributed by atoms with Gasteiger partial charge in [0, 0.05) is 6.42 Å². The molecule has 366 valence electrons. The minimum Gasteiger partial charge on any atom is -0.454 e. The number of aliphatic hydroxyl groups excluding tert-OH is 5. The number of amides is 1. The van der Waals surface area contributed by atoms with E-state index in [0.29, 0.717) is 12.8 Å². The fourth-order valence-electron chi connectivity index (χ4n) is 7.71. The summed E-state index contributed by atoms with van der Waals surface area (Å²) in [5, 5.41) is 56.4. The molecule has 1 amide bonds. The number of esters is 1. The van der Waals surface area contributed by atoms with Crippen LogP contribution in [0.15, 0.2) is 48.6 Å². The number of aliphatic hydroxyl groups is 5. The number of allylic oxidation sites excluding steroid dienone is 7. The zero-order valence-electron chi connectivity index (χ0n) is 39.9. The lowest BCUT2D eigenvalue weighted by atomic mass is 9.99. The van der Waals surface area contributed by atoms with Gasteiger partial charge in [0.1, 0.15) is 24.4 Å². The van der Waals surface area contributed by atoms with Gasteiger partial charge in [0.25, 0.3) is 0 Å². The van der Waals surface area contributed by atoms with Gasteiger partial charge in [-0.1, -0.05) is 204 Å². The van der Waals surface area contributed by atoms with Crippen molar-refractivity contribution < 1.29 is 49.3 Å². The van der Waals surface area contributed by atoms with Gasteiger partial charge in [0.05, 0.1) is 25.4 Å². The van der Waals surface area contributed by atoms with Crippen LogP contribution in [0.4, 0.5) is 0 Å². The average molecular weight is 892 g/mol. The lowest BCUT2D eigenvalue weighted by molar-refractivity contribution is -0.305. The Morgan fingerprint density at radius 1 is 0.635 bits per heavy atom. The lowest BCUT2D eigenvalue weighted by Crippen LogP contribution is -2.61. The van der Waals surface area contributed by atoms with Crippen LogP contribution in [0.25, 0.3) is 0 Å². The Morgan fingerprint density at radius 2 is 1.14 bits per heavy atom. The molecular weight excluding hydrogens is 799 g/mol. The zero-order chi connectivity index (χ0) is 46.2. The molecule has 0 aromatic heterocycles. The first-order valence-corrected chi connectivity index (χ1v) is 25.4. The Kier molecular flexibility index (Phi) is 38.2. The summed E-state index contributed by atoms with van der Waals surface area (Å²) < 4.78 is 17.5. The van der Waals surface area contributed by atoms with Crippen molar-refractivity contribution in [2.45, 2.75) is 256 Å². The van der Waals surface area contributed by atoms with Gasteiger partial charge in [-0.2, -0.15) is 0 Å². The highest BCUT2D eigenvalue weighted by atomic mass is 16.7. The topological polar surface area (TPSA) is 175 Å². The van der Waals surface area contributed by atoms with Crippen LogP contribution >= 0.6 is 0 Å². The largest absolute Gasteiger partial charge is 0.454 e. The van der Waals surface area contributed by atoms with E-state index in [1.807, 2.05) is 30.4 Å². The maximum atomic E-state index is 13.3. The number of carbonyl (C=O) groups is 2. The molecule has 0 aliphatic carbocycles. The highest BCUT2D eigenvalue weighted by Crippen LogP contribution is 2.26. The van der Waals surface area contributed by atoms with E-state index in [1.165, 1.54) is 89.9 Å². The lowest BCUT2D eigenvalue weighted by Gasteiger charge is -2.41. The van der Waals surface area contributed by atoms with Crippen molar-refractivity contribution in [3.63, 3.8) is 0 Å². The normalized spacial score (nSPS) is 20.9. The fraction of sp³-hybridized carbons (Fsp3) is 0.808. The first kappa shape index (κ1) is 58.6. The van der Waals surface area contributed by atoms with Crippen LogP contribution in [0, 0.1) is 0 Å². The van der Waals surface area contributed by atoms with E-state index in [9.17, 15) is 35.1 Å². The molecule has 0 bridgehead atoms. The summed E-state index contributed by atoms with van der Waals surface area (Å²) >= 11 is 0.